The Morgan fingerprint density at radius 1 is 1.00 bits per heavy atom. The first-order chi connectivity index (χ1) is 2.24. The Morgan fingerprint density at radius 2 is 1.00 bits per heavy atom. The van der Waals surface area contributed by atoms with Gasteiger partial charge < -0.3 is 0 Å². The number of hydrogen-bond acceptors (Lipinski definition) is 1. The Labute approximate surface area is 62.2 Å². The van der Waals surface area contributed by atoms with Crippen LogP contribution in [0.3, 0.4) is 0 Å². The van der Waals surface area contributed by atoms with Crippen molar-refractivity contribution in [1.29, 1.82) is 0 Å². The van der Waals surface area contributed by atoms with E-state index in [9.17, 15) is 3.47 Å². The van der Waals surface area contributed by atoms with Crippen molar-refractivity contribution in [3.05, 3.63) is 0 Å². The summed E-state index contributed by atoms with van der Waals surface area (Å²) in [5.41, 5.74) is 0. The Hall–Kier alpha value is 2.38. The van der Waals surface area contributed by atoms with Gasteiger partial charge in [-0.2, -0.15) is 0 Å². The van der Waals surface area contributed by atoms with Gasteiger partial charge in [0.1, 0.15) is 0 Å². The molecule has 6 heteroatoms. The topological polar surface area (TPSA) is 17.1 Å². The zero-order valence-corrected chi connectivity index (χ0v) is 11.4. The van der Waals surface area contributed by atoms with Crippen LogP contribution in [-0.4, -0.2) is 0 Å². The van der Waals surface area contributed by atoms with Gasteiger partial charge in [0.15, 0.2) is 0 Å². The molecule has 0 aliphatic carbocycles. The third-order valence-electron chi connectivity index (χ3n) is 0. The van der Waals surface area contributed by atoms with Crippen LogP contribution in [-0.2, 0) is 9.68 Å². The van der Waals surface area contributed by atoms with E-state index in [-0.39, 0.29) is 0 Å². The zero-order chi connectivity index (χ0) is 5.45. The molecule has 0 saturated carbocycles. The van der Waals surface area contributed by atoms with Crippen LogP contribution >= 0.6 is 53.7 Å². The van der Waals surface area contributed by atoms with Gasteiger partial charge in [-0.25, -0.2) is 0 Å². The van der Waals surface area contributed by atoms with E-state index < -0.39 is 6.21 Å². The molecule has 0 aliphatic heterocycles. The van der Waals surface area contributed by atoms with E-state index in [1.165, 1.54) is 0 Å². The molecule has 6 heavy (non-hydrogen) atoms. The van der Waals surface area contributed by atoms with Gasteiger partial charge in [-0.1, -0.05) is 0 Å². The molecule has 0 radical (unpaired) electrons. The molecule has 0 heterocycles. The van der Waals surface area contributed by atoms with E-state index in [2.05, 4.69) is 53.7 Å². The summed E-state index contributed by atoms with van der Waals surface area (Å²) in [6.45, 7) is 0. The molecule has 0 unspecified atom stereocenters. The first-order valence-corrected chi connectivity index (χ1v) is 25.6. The molecule has 0 fully saturated rings. The standard InChI is InChI=1S/4BrH.O.Re/h4*1H;;/q;;;;;+4/p-4. The van der Waals surface area contributed by atoms with Crippen LogP contribution in [0.15, 0.2) is 0 Å². The molecule has 0 aromatic rings. The number of hydrogen-bond donors (Lipinski definition) is 0. The molecule has 41 valence electrons. The molecule has 0 aromatic carbocycles. The molecule has 0 aromatic heterocycles. The molecule has 0 atom stereocenters. The van der Waals surface area contributed by atoms with Crippen molar-refractivity contribution < 1.29 is 9.68 Å². The van der Waals surface area contributed by atoms with Gasteiger partial charge in [-0.3, -0.25) is 0 Å². The minimum absolute atomic E-state index is 2.88. The van der Waals surface area contributed by atoms with Gasteiger partial charge in [-0.15, -0.1) is 0 Å². The molecule has 1 nitrogen and oxygen atoms in total. The van der Waals surface area contributed by atoms with Crippen molar-refractivity contribution in [1.82, 2.24) is 0 Å². The van der Waals surface area contributed by atoms with Crippen molar-refractivity contribution in [3.63, 3.8) is 0 Å². The summed E-state index contributed by atoms with van der Waals surface area (Å²) in [5, 5.41) is 0. The van der Waals surface area contributed by atoms with Gasteiger partial charge in [-0.05, 0) is 0 Å². The van der Waals surface area contributed by atoms with E-state index in [1.54, 1.807) is 0 Å². The van der Waals surface area contributed by atoms with Crippen molar-refractivity contribution in [3.8, 4) is 0 Å². The van der Waals surface area contributed by atoms with Gasteiger partial charge in [0.05, 0.1) is 0 Å². The number of rotatable bonds is 0. The molecular weight excluding hydrogens is 522 g/mol. The summed E-state index contributed by atoms with van der Waals surface area (Å²) in [7, 11) is 0. The van der Waals surface area contributed by atoms with Crippen LogP contribution in [0.2, 0.25) is 0 Å². The summed E-state index contributed by atoms with van der Waals surface area (Å²) in [6.07, 6.45) is -3.70. The summed E-state index contributed by atoms with van der Waals surface area (Å²) in [5.74, 6) is 0. The first kappa shape index (κ1) is 8.38. The molecule has 0 bridgehead atoms. The normalized spacial score (nSPS) is 19.0. The van der Waals surface area contributed by atoms with Gasteiger partial charge >= 0.3 is 63.4 Å². The molecule has 0 saturated heterocycles. The maximum atomic E-state index is 10.6. The summed E-state index contributed by atoms with van der Waals surface area (Å²) in [4.78, 5) is 0. The van der Waals surface area contributed by atoms with Crippen LogP contribution in [0, 0.1) is 0 Å². The molecule has 0 amide bonds. The van der Waals surface area contributed by atoms with E-state index in [1.807, 2.05) is 0 Å². The second-order valence-corrected chi connectivity index (χ2v) is 81.5. The van der Waals surface area contributed by atoms with Gasteiger partial charge in [0, 0.05) is 0 Å². The predicted octanol–water partition coefficient (Wildman–Crippen LogP) is 3.26. The summed E-state index contributed by atoms with van der Waals surface area (Å²) < 4.78 is 10.6. The van der Waals surface area contributed by atoms with Crippen molar-refractivity contribution in [2.75, 3.05) is 0 Å². The van der Waals surface area contributed by atoms with Crippen LogP contribution in [0.5, 0.6) is 0 Å². The van der Waals surface area contributed by atoms with E-state index >= 15 is 0 Å². The fourth-order valence-electron chi connectivity index (χ4n) is 0. The SMILES string of the molecule is [O]=[Re]([Br])([Br])([Br])[Br]. The first-order valence-electron chi connectivity index (χ1n) is 0.726. The molecule has 0 spiro atoms. The molecule has 0 rings (SSSR count). The number of halogens is 4. The third kappa shape index (κ3) is 32.6. The second-order valence-electron chi connectivity index (χ2n) is 0.557. The van der Waals surface area contributed by atoms with Crippen LogP contribution in [0.25, 0.3) is 0 Å². The average molecular weight is 522 g/mol. The van der Waals surface area contributed by atoms with Crippen LogP contribution < -0.4 is 0 Å². The van der Waals surface area contributed by atoms with Crippen LogP contribution in [0.1, 0.15) is 0 Å². The Kier molecular flexibility index (Phi) is 2.74. The second kappa shape index (κ2) is 1.96. The van der Waals surface area contributed by atoms with Crippen molar-refractivity contribution in [2.45, 2.75) is 0 Å². The van der Waals surface area contributed by atoms with Crippen molar-refractivity contribution >= 4 is 53.7 Å². The van der Waals surface area contributed by atoms with Gasteiger partial charge in [0.25, 0.3) is 0 Å². The molecular formula is Br4ORe. The van der Waals surface area contributed by atoms with Crippen molar-refractivity contribution in [2.24, 2.45) is 0 Å². The minimum atomic E-state index is -3.70. The monoisotopic (exact) mass is 519 g/mol. The summed E-state index contributed by atoms with van der Waals surface area (Å²) in [6, 6.07) is 0. The van der Waals surface area contributed by atoms with Crippen LogP contribution in [0.4, 0.5) is 0 Å². The third-order valence-corrected chi connectivity index (χ3v) is 0. The Bertz CT molecular complexity index is 85.2. The quantitative estimate of drug-likeness (QED) is 0.478. The van der Waals surface area contributed by atoms with Gasteiger partial charge in [0.2, 0.25) is 0 Å². The Morgan fingerprint density at radius 3 is 1.00 bits per heavy atom. The van der Waals surface area contributed by atoms with E-state index in [0.29, 0.717) is 0 Å². The van der Waals surface area contributed by atoms with E-state index in [4.69, 9.17) is 0 Å². The fraction of sp³-hybridized carbons (Fsp3) is 0. The Balaban J connectivity index is 4.16. The predicted molar refractivity (Wildman–Crippen MR) is 36.4 cm³/mol. The average Bonchev–Trinajstić information content (AvgIpc) is 0.650. The fourth-order valence-corrected chi connectivity index (χ4v) is 0. The van der Waals surface area contributed by atoms with E-state index in [0.717, 1.165) is 0 Å². The molecule has 0 N–H and O–H groups in total. The maximum absolute atomic E-state index is 10.6. The molecule has 0 aliphatic rings. The zero-order valence-electron chi connectivity index (χ0n) is 2.30. The summed E-state index contributed by atoms with van der Waals surface area (Å²) >= 11 is 11.5.